The average molecular weight is 380 g/mol. The van der Waals surface area contributed by atoms with E-state index in [0.717, 1.165) is 24.9 Å². The SMILES string of the molecule is CCCN1c2ccc(C=Nc3ccc(O)c(C(=O)O)c3)cc2C(C)CC1(C)C. The molecule has 1 unspecified atom stereocenters. The second-order valence-corrected chi connectivity index (χ2v) is 8.15. The van der Waals surface area contributed by atoms with Crippen LogP contribution in [-0.4, -0.2) is 34.5 Å². The van der Waals surface area contributed by atoms with E-state index in [1.165, 1.54) is 23.4 Å². The summed E-state index contributed by atoms with van der Waals surface area (Å²) < 4.78 is 0. The molecule has 1 aliphatic rings. The molecule has 1 atom stereocenters. The maximum Gasteiger partial charge on any atom is 0.339 e. The Kier molecular flexibility index (Phi) is 5.45. The van der Waals surface area contributed by atoms with Crippen LogP contribution in [0.15, 0.2) is 41.4 Å². The number of benzene rings is 2. The number of aromatic carboxylic acids is 1. The van der Waals surface area contributed by atoms with Gasteiger partial charge >= 0.3 is 5.97 Å². The third-order valence-electron chi connectivity index (χ3n) is 5.43. The van der Waals surface area contributed by atoms with Gasteiger partial charge in [0.05, 0.1) is 5.69 Å². The van der Waals surface area contributed by atoms with Crippen molar-refractivity contribution >= 4 is 23.6 Å². The molecule has 0 saturated carbocycles. The number of nitrogens with zero attached hydrogens (tertiary/aromatic N) is 2. The standard InChI is InChI=1S/C23H28N2O3/c1-5-10-25-20-8-6-16(11-18(20)15(2)13-23(25,3)4)14-24-17-7-9-21(26)19(12-17)22(27)28/h6-9,11-12,14-15,26H,5,10,13H2,1-4H3,(H,27,28). The molecule has 0 amide bonds. The zero-order chi connectivity index (χ0) is 20.5. The van der Waals surface area contributed by atoms with E-state index >= 15 is 0 Å². The average Bonchev–Trinajstić information content (AvgIpc) is 2.64. The third-order valence-corrected chi connectivity index (χ3v) is 5.43. The highest BCUT2D eigenvalue weighted by molar-refractivity contribution is 5.92. The van der Waals surface area contributed by atoms with E-state index in [1.807, 2.05) is 0 Å². The smallest absolute Gasteiger partial charge is 0.339 e. The molecule has 148 valence electrons. The molecule has 1 aliphatic heterocycles. The molecule has 0 fully saturated rings. The van der Waals surface area contributed by atoms with Crippen molar-refractivity contribution in [2.45, 2.75) is 52.0 Å². The summed E-state index contributed by atoms with van der Waals surface area (Å²) in [6.45, 7) is 10.1. The number of aromatic hydroxyl groups is 1. The summed E-state index contributed by atoms with van der Waals surface area (Å²) in [6, 6.07) is 10.7. The maximum absolute atomic E-state index is 11.2. The van der Waals surface area contributed by atoms with Crippen LogP contribution in [0, 0.1) is 0 Å². The van der Waals surface area contributed by atoms with Gasteiger partial charge in [0.15, 0.2) is 0 Å². The highest BCUT2D eigenvalue weighted by Gasteiger charge is 2.35. The van der Waals surface area contributed by atoms with Crippen LogP contribution in [0.25, 0.3) is 0 Å². The summed E-state index contributed by atoms with van der Waals surface area (Å²) in [5.41, 5.74) is 4.08. The Hall–Kier alpha value is -2.82. The predicted molar refractivity (Wildman–Crippen MR) is 114 cm³/mol. The zero-order valence-corrected chi connectivity index (χ0v) is 16.9. The molecule has 0 aliphatic carbocycles. The van der Waals surface area contributed by atoms with Gasteiger partial charge in [-0.05, 0) is 74.1 Å². The minimum absolute atomic E-state index is 0.136. The summed E-state index contributed by atoms with van der Waals surface area (Å²) >= 11 is 0. The Morgan fingerprint density at radius 1 is 1.29 bits per heavy atom. The Morgan fingerprint density at radius 3 is 2.71 bits per heavy atom. The summed E-state index contributed by atoms with van der Waals surface area (Å²) in [5.74, 6) is -0.970. The quantitative estimate of drug-likeness (QED) is 0.687. The van der Waals surface area contributed by atoms with Crippen LogP contribution in [0.1, 0.15) is 67.9 Å². The highest BCUT2D eigenvalue weighted by Crippen LogP contribution is 2.43. The predicted octanol–water partition coefficient (Wildman–Crippen LogP) is 5.34. The van der Waals surface area contributed by atoms with E-state index in [4.69, 9.17) is 5.11 Å². The van der Waals surface area contributed by atoms with Crippen LogP contribution >= 0.6 is 0 Å². The highest BCUT2D eigenvalue weighted by atomic mass is 16.4. The molecule has 2 aromatic rings. The summed E-state index contributed by atoms with van der Waals surface area (Å²) in [7, 11) is 0. The van der Waals surface area contributed by atoms with Crippen molar-refractivity contribution < 1.29 is 15.0 Å². The lowest BCUT2D eigenvalue weighted by molar-refractivity contribution is 0.0693. The van der Waals surface area contributed by atoms with Gasteiger partial charge in [-0.25, -0.2) is 4.79 Å². The van der Waals surface area contributed by atoms with Gasteiger partial charge in [0, 0.05) is 24.0 Å². The lowest BCUT2D eigenvalue weighted by Gasteiger charge is -2.47. The van der Waals surface area contributed by atoms with Crippen molar-refractivity contribution in [3.8, 4) is 5.75 Å². The lowest BCUT2D eigenvalue weighted by atomic mass is 9.79. The molecular formula is C23H28N2O3. The van der Waals surface area contributed by atoms with Gasteiger partial charge in [0.1, 0.15) is 11.3 Å². The molecule has 0 saturated heterocycles. The second-order valence-electron chi connectivity index (χ2n) is 8.15. The Morgan fingerprint density at radius 2 is 2.04 bits per heavy atom. The normalized spacial score (nSPS) is 18.3. The van der Waals surface area contributed by atoms with Crippen molar-refractivity contribution in [3.05, 3.63) is 53.1 Å². The van der Waals surface area contributed by atoms with Gasteiger partial charge in [-0.15, -0.1) is 0 Å². The number of phenols is 1. The van der Waals surface area contributed by atoms with E-state index in [2.05, 4.69) is 55.8 Å². The minimum Gasteiger partial charge on any atom is -0.507 e. The number of hydrogen-bond donors (Lipinski definition) is 2. The number of fused-ring (bicyclic) bond motifs is 1. The fourth-order valence-electron chi connectivity index (χ4n) is 4.16. The fraction of sp³-hybridized carbons (Fsp3) is 0.391. The third kappa shape index (κ3) is 3.88. The number of hydrogen-bond acceptors (Lipinski definition) is 4. The molecule has 5 heteroatoms. The van der Waals surface area contributed by atoms with E-state index < -0.39 is 5.97 Å². The first-order chi connectivity index (χ1) is 13.2. The number of carbonyl (C=O) groups is 1. The molecule has 2 aromatic carbocycles. The van der Waals surface area contributed by atoms with Crippen molar-refractivity contribution in [3.63, 3.8) is 0 Å². The molecule has 0 aromatic heterocycles. The largest absolute Gasteiger partial charge is 0.507 e. The van der Waals surface area contributed by atoms with E-state index in [0.29, 0.717) is 11.6 Å². The van der Waals surface area contributed by atoms with Gasteiger partial charge in [0.25, 0.3) is 0 Å². The molecular weight excluding hydrogens is 352 g/mol. The molecule has 0 radical (unpaired) electrons. The van der Waals surface area contributed by atoms with E-state index in [9.17, 15) is 9.90 Å². The first-order valence-corrected chi connectivity index (χ1v) is 9.75. The van der Waals surface area contributed by atoms with Crippen molar-refractivity contribution in [2.75, 3.05) is 11.4 Å². The second kappa shape index (κ2) is 7.66. The Bertz CT molecular complexity index is 918. The van der Waals surface area contributed by atoms with E-state index in [1.54, 1.807) is 12.3 Å². The van der Waals surface area contributed by atoms with Crippen molar-refractivity contribution in [1.29, 1.82) is 0 Å². The zero-order valence-electron chi connectivity index (χ0n) is 16.9. The molecule has 28 heavy (non-hydrogen) atoms. The molecule has 0 bridgehead atoms. The van der Waals surface area contributed by atoms with Crippen LogP contribution in [-0.2, 0) is 0 Å². The number of anilines is 1. The number of rotatable bonds is 5. The molecule has 5 nitrogen and oxygen atoms in total. The van der Waals surface area contributed by atoms with Gasteiger partial charge < -0.3 is 15.1 Å². The topological polar surface area (TPSA) is 73.1 Å². The van der Waals surface area contributed by atoms with Gasteiger partial charge in [-0.3, -0.25) is 4.99 Å². The maximum atomic E-state index is 11.2. The summed E-state index contributed by atoms with van der Waals surface area (Å²) in [4.78, 5) is 18.1. The lowest BCUT2D eigenvalue weighted by Crippen LogP contribution is -2.48. The fourth-order valence-corrected chi connectivity index (χ4v) is 4.16. The number of carboxylic acid groups (broad SMARTS) is 1. The summed E-state index contributed by atoms with van der Waals surface area (Å²) in [5, 5.41) is 18.8. The van der Waals surface area contributed by atoms with Crippen LogP contribution in [0.4, 0.5) is 11.4 Å². The first-order valence-electron chi connectivity index (χ1n) is 9.75. The first kappa shape index (κ1) is 19.9. The summed E-state index contributed by atoms with van der Waals surface area (Å²) in [6.07, 6.45) is 3.95. The Balaban J connectivity index is 1.92. The number of aliphatic imine (C=N–C) groups is 1. The molecule has 0 spiro atoms. The van der Waals surface area contributed by atoms with Crippen molar-refractivity contribution in [2.24, 2.45) is 4.99 Å². The van der Waals surface area contributed by atoms with Gasteiger partial charge in [0.2, 0.25) is 0 Å². The molecule has 3 rings (SSSR count). The van der Waals surface area contributed by atoms with Crippen LogP contribution in [0.3, 0.4) is 0 Å². The Labute approximate surface area is 166 Å². The van der Waals surface area contributed by atoms with Crippen LogP contribution in [0.2, 0.25) is 0 Å². The van der Waals surface area contributed by atoms with Gasteiger partial charge in [-0.1, -0.05) is 19.9 Å². The minimum atomic E-state index is -1.17. The molecule has 1 heterocycles. The number of carboxylic acids is 1. The molecule has 2 N–H and O–H groups in total. The van der Waals surface area contributed by atoms with Gasteiger partial charge in [-0.2, -0.15) is 0 Å². The van der Waals surface area contributed by atoms with Crippen LogP contribution < -0.4 is 4.90 Å². The van der Waals surface area contributed by atoms with Crippen LogP contribution in [0.5, 0.6) is 5.75 Å². The van der Waals surface area contributed by atoms with E-state index in [-0.39, 0.29) is 16.9 Å². The van der Waals surface area contributed by atoms with Crippen molar-refractivity contribution in [1.82, 2.24) is 0 Å². The monoisotopic (exact) mass is 380 g/mol.